The molecule has 0 saturated heterocycles. The predicted molar refractivity (Wildman–Crippen MR) is 88.4 cm³/mol. The lowest BCUT2D eigenvalue weighted by molar-refractivity contribution is 0.102. The van der Waals surface area contributed by atoms with Gasteiger partial charge in [-0.3, -0.25) is 9.89 Å². The van der Waals surface area contributed by atoms with Gasteiger partial charge in [0.25, 0.3) is 5.91 Å². The Kier molecular flexibility index (Phi) is 3.77. The van der Waals surface area contributed by atoms with Crippen molar-refractivity contribution in [2.24, 2.45) is 0 Å². The smallest absolute Gasteiger partial charge is 0.273 e. The van der Waals surface area contributed by atoms with Crippen LogP contribution < -0.4 is 5.32 Å². The maximum atomic E-state index is 12.1. The number of aromatic nitrogens is 3. The fourth-order valence-electron chi connectivity index (χ4n) is 2.00. The van der Waals surface area contributed by atoms with Crippen molar-refractivity contribution in [3.8, 4) is 0 Å². The quantitative estimate of drug-likeness (QED) is 0.670. The highest BCUT2D eigenvalue weighted by molar-refractivity contribution is 9.11. The molecule has 0 saturated carbocycles. The van der Waals surface area contributed by atoms with Gasteiger partial charge in [-0.2, -0.15) is 5.10 Å². The van der Waals surface area contributed by atoms with E-state index < -0.39 is 0 Å². The molecule has 1 amide bonds. The number of amides is 1. The van der Waals surface area contributed by atoms with Gasteiger partial charge in [-0.15, -0.1) is 0 Å². The van der Waals surface area contributed by atoms with Gasteiger partial charge in [-0.25, -0.2) is 4.98 Å². The van der Waals surface area contributed by atoms with E-state index in [0.29, 0.717) is 11.4 Å². The summed E-state index contributed by atoms with van der Waals surface area (Å²) in [7, 11) is 0. The molecule has 0 radical (unpaired) electrons. The Bertz CT molecular complexity index is 831. The van der Waals surface area contributed by atoms with Crippen LogP contribution in [0.4, 0.5) is 5.69 Å². The molecule has 21 heavy (non-hydrogen) atoms. The molecule has 2 N–H and O–H groups in total. The summed E-state index contributed by atoms with van der Waals surface area (Å²) >= 11 is 6.95. The number of halogens is 2. The van der Waals surface area contributed by atoms with Crippen molar-refractivity contribution in [2.75, 3.05) is 5.32 Å². The molecule has 2 aromatic heterocycles. The highest BCUT2D eigenvalue weighted by Crippen LogP contribution is 2.30. The molecule has 7 heteroatoms. The zero-order valence-corrected chi connectivity index (χ0v) is 14.1. The van der Waals surface area contributed by atoms with Crippen LogP contribution in [0, 0.1) is 6.92 Å². The van der Waals surface area contributed by atoms with Gasteiger partial charge >= 0.3 is 0 Å². The van der Waals surface area contributed by atoms with E-state index in [4.69, 9.17) is 0 Å². The number of pyridine rings is 1. The SMILES string of the molecule is Cc1nc2c(Br)cc(Br)cc2cc1NC(=O)c1ccn[nH]1. The Morgan fingerprint density at radius 1 is 1.29 bits per heavy atom. The van der Waals surface area contributed by atoms with Crippen LogP contribution in [-0.2, 0) is 0 Å². The van der Waals surface area contributed by atoms with Crippen LogP contribution in [0.25, 0.3) is 10.9 Å². The first-order chi connectivity index (χ1) is 10.0. The third-order valence-corrected chi connectivity index (χ3v) is 4.08. The summed E-state index contributed by atoms with van der Waals surface area (Å²) < 4.78 is 1.85. The monoisotopic (exact) mass is 408 g/mol. The second kappa shape index (κ2) is 5.57. The summed E-state index contributed by atoms with van der Waals surface area (Å²) in [6.45, 7) is 1.86. The fraction of sp³-hybridized carbons (Fsp3) is 0.0714. The third-order valence-electron chi connectivity index (χ3n) is 3.02. The first-order valence-corrected chi connectivity index (χ1v) is 7.70. The van der Waals surface area contributed by atoms with Crippen molar-refractivity contribution in [1.29, 1.82) is 0 Å². The van der Waals surface area contributed by atoms with Gasteiger partial charge in [-0.05, 0) is 47.1 Å². The molecule has 0 aliphatic rings. The Morgan fingerprint density at radius 3 is 2.81 bits per heavy atom. The number of nitrogens with one attached hydrogen (secondary N) is 2. The van der Waals surface area contributed by atoms with Crippen LogP contribution in [0.15, 0.2) is 39.4 Å². The zero-order chi connectivity index (χ0) is 15.0. The van der Waals surface area contributed by atoms with Crippen LogP contribution in [0.5, 0.6) is 0 Å². The van der Waals surface area contributed by atoms with Gasteiger partial charge in [0.15, 0.2) is 0 Å². The van der Waals surface area contributed by atoms with Gasteiger partial charge in [0.05, 0.1) is 16.9 Å². The second-order valence-corrected chi connectivity index (χ2v) is 6.28. The van der Waals surface area contributed by atoms with Gasteiger partial charge in [0, 0.05) is 20.5 Å². The topological polar surface area (TPSA) is 70.7 Å². The standard InChI is InChI=1S/C14H10Br2N4O/c1-7-12(19-14(21)11-2-3-17-20-11)5-8-4-9(15)6-10(16)13(8)18-7/h2-6H,1H3,(H,17,20)(H,19,21). The molecule has 0 atom stereocenters. The summed E-state index contributed by atoms with van der Waals surface area (Å²) in [5.74, 6) is -0.245. The molecule has 0 unspecified atom stereocenters. The molecule has 3 aromatic rings. The van der Waals surface area contributed by atoms with Gasteiger partial charge in [-0.1, -0.05) is 15.9 Å². The number of aryl methyl sites for hydroxylation is 1. The molecule has 5 nitrogen and oxygen atoms in total. The lowest BCUT2D eigenvalue weighted by Crippen LogP contribution is -2.13. The van der Waals surface area contributed by atoms with Crippen LogP contribution in [-0.4, -0.2) is 21.1 Å². The minimum absolute atomic E-state index is 0.245. The maximum Gasteiger partial charge on any atom is 0.273 e. The van der Waals surface area contributed by atoms with Gasteiger partial charge < -0.3 is 5.32 Å². The summed E-state index contributed by atoms with van der Waals surface area (Å²) in [6, 6.07) is 7.42. The van der Waals surface area contributed by atoms with E-state index in [-0.39, 0.29) is 5.91 Å². The normalized spacial score (nSPS) is 10.8. The van der Waals surface area contributed by atoms with E-state index in [1.165, 1.54) is 6.20 Å². The number of carbonyl (C=O) groups is 1. The Labute approximate surface area is 137 Å². The largest absolute Gasteiger partial charge is 0.319 e. The third kappa shape index (κ3) is 2.84. The maximum absolute atomic E-state index is 12.1. The number of H-pyrrole nitrogens is 1. The van der Waals surface area contributed by atoms with Gasteiger partial charge in [0.1, 0.15) is 5.69 Å². The number of anilines is 1. The van der Waals surface area contributed by atoms with Crippen molar-refractivity contribution in [3.05, 3.63) is 50.8 Å². The summed E-state index contributed by atoms with van der Waals surface area (Å²) in [6.07, 6.45) is 1.54. The number of hydrogen-bond donors (Lipinski definition) is 2. The molecule has 1 aromatic carbocycles. The van der Waals surface area contributed by atoms with Crippen molar-refractivity contribution < 1.29 is 4.79 Å². The predicted octanol–water partition coefficient (Wildman–Crippen LogP) is 4.04. The molecule has 0 bridgehead atoms. The van der Waals surface area contributed by atoms with E-state index in [9.17, 15) is 4.79 Å². The zero-order valence-electron chi connectivity index (χ0n) is 10.9. The number of rotatable bonds is 2. The Morgan fingerprint density at radius 2 is 2.10 bits per heavy atom. The molecule has 2 heterocycles. The van der Waals surface area contributed by atoms with Crippen molar-refractivity contribution in [2.45, 2.75) is 6.92 Å². The average Bonchev–Trinajstić information content (AvgIpc) is 2.94. The van der Waals surface area contributed by atoms with E-state index in [1.54, 1.807) is 6.07 Å². The molecule has 0 aliphatic heterocycles. The van der Waals surface area contributed by atoms with Crippen molar-refractivity contribution in [1.82, 2.24) is 15.2 Å². The van der Waals surface area contributed by atoms with E-state index in [1.807, 2.05) is 25.1 Å². The Balaban J connectivity index is 2.03. The minimum atomic E-state index is -0.245. The van der Waals surface area contributed by atoms with Crippen LogP contribution in [0.2, 0.25) is 0 Å². The van der Waals surface area contributed by atoms with E-state index in [0.717, 1.165) is 25.5 Å². The molecule has 0 aliphatic carbocycles. The van der Waals surface area contributed by atoms with Crippen LogP contribution in [0.3, 0.4) is 0 Å². The number of fused-ring (bicyclic) bond motifs is 1. The fourth-order valence-corrected chi connectivity index (χ4v) is 3.35. The summed E-state index contributed by atoms with van der Waals surface area (Å²) in [5.41, 5.74) is 2.69. The molecule has 106 valence electrons. The van der Waals surface area contributed by atoms with E-state index >= 15 is 0 Å². The lowest BCUT2D eigenvalue weighted by atomic mass is 10.2. The number of carbonyl (C=O) groups excluding carboxylic acids is 1. The molecule has 0 spiro atoms. The highest BCUT2D eigenvalue weighted by atomic mass is 79.9. The van der Waals surface area contributed by atoms with Crippen LogP contribution in [0.1, 0.15) is 16.2 Å². The van der Waals surface area contributed by atoms with Crippen LogP contribution >= 0.6 is 31.9 Å². The summed E-state index contributed by atoms with van der Waals surface area (Å²) in [5, 5.41) is 10.2. The minimum Gasteiger partial charge on any atom is -0.319 e. The van der Waals surface area contributed by atoms with E-state index in [2.05, 4.69) is 52.4 Å². The lowest BCUT2D eigenvalue weighted by Gasteiger charge is -2.10. The molecule has 0 fully saturated rings. The molecule has 3 rings (SSSR count). The number of benzene rings is 1. The number of aromatic amines is 1. The molecular weight excluding hydrogens is 400 g/mol. The van der Waals surface area contributed by atoms with Crippen molar-refractivity contribution in [3.63, 3.8) is 0 Å². The summed E-state index contributed by atoms with van der Waals surface area (Å²) in [4.78, 5) is 16.6. The highest BCUT2D eigenvalue weighted by Gasteiger charge is 2.12. The average molecular weight is 410 g/mol. The number of nitrogens with zero attached hydrogens (tertiary/aromatic N) is 2. The second-order valence-electron chi connectivity index (χ2n) is 4.51. The number of hydrogen-bond acceptors (Lipinski definition) is 3. The first-order valence-electron chi connectivity index (χ1n) is 6.12. The Hall–Kier alpha value is -1.73. The molecular formula is C14H10Br2N4O. The van der Waals surface area contributed by atoms with Crippen molar-refractivity contribution >= 4 is 54.4 Å². The first kappa shape index (κ1) is 14.2. The van der Waals surface area contributed by atoms with Gasteiger partial charge in [0.2, 0.25) is 0 Å².